The summed E-state index contributed by atoms with van der Waals surface area (Å²) in [6, 6.07) is 17.8. The van der Waals surface area contributed by atoms with Crippen molar-refractivity contribution in [2.75, 3.05) is 21.3 Å². The average molecular weight is 373 g/mol. The maximum atomic E-state index is 12.3. The molecule has 0 amide bonds. The molecule has 25 heavy (non-hydrogen) atoms. The molecule has 2 unspecified atom stereocenters. The molecule has 2 heterocycles. The van der Waals surface area contributed by atoms with E-state index < -0.39 is 9.84 Å². The number of hydrogen-bond acceptors (Lipinski definition) is 3. The van der Waals surface area contributed by atoms with Gasteiger partial charge in [-0.25, -0.2) is 8.42 Å². The van der Waals surface area contributed by atoms with Crippen molar-refractivity contribution >= 4 is 38.5 Å². The van der Waals surface area contributed by atoms with Gasteiger partial charge in [0.2, 0.25) is 0 Å². The van der Waals surface area contributed by atoms with Crippen LogP contribution in [0.15, 0.2) is 54.6 Å². The fourth-order valence-corrected chi connectivity index (χ4v) is 6.19. The summed E-state index contributed by atoms with van der Waals surface area (Å²) in [5.41, 5.74) is 3.17. The average Bonchev–Trinajstić information content (AvgIpc) is 3.04. The first-order valence-electron chi connectivity index (χ1n) is 8.47. The summed E-state index contributed by atoms with van der Waals surface area (Å²) in [6.45, 7) is 2.12. The topological polar surface area (TPSA) is 40.6 Å². The Hall–Kier alpha value is -1.92. The van der Waals surface area contributed by atoms with E-state index in [0.717, 1.165) is 17.8 Å². The third-order valence-corrected chi connectivity index (χ3v) is 7.12. The van der Waals surface area contributed by atoms with Gasteiger partial charge in [-0.15, -0.1) is 0 Å². The van der Waals surface area contributed by atoms with E-state index in [1.807, 2.05) is 52.3 Å². The summed E-state index contributed by atoms with van der Waals surface area (Å²) < 4.78 is 24.6. The van der Waals surface area contributed by atoms with Gasteiger partial charge in [-0.3, -0.25) is 0 Å². The van der Waals surface area contributed by atoms with E-state index in [2.05, 4.69) is 19.1 Å². The first kappa shape index (κ1) is 16.5. The second-order valence-corrected chi connectivity index (χ2v) is 9.11. The van der Waals surface area contributed by atoms with Crippen LogP contribution in [-0.2, 0) is 16.3 Å². The standard InChI is InChI=1S/C19H20N2O2S2/c1-2-14-8-10-16(11-9-14)21-18-13-25(22,23)12-17(18)20(19(21)24)15-6-4-3-5-7-15/h3-11,17-18H,2,12-13H2,1H3. The minimum Gasteiger partial charge on any atom is -0.312 e. The van der Waals surface area contributed by atoms with Gasteiger partial charge in [-0.05, 0) is 48.5 Å². The highest BCUT2D eigenvalue weighted by Crippen LogP contribution is 2.38. The SMILES string of the molecule is CCc1ccc(N2C(=S)N(c3ccccc3)C3CS(=O)(=O)CC32)cc1. The lowest BCUT2D eigenvalue weighted by molar-refractivity contribution is 0.601. The van der Waals surface area contributed by atoms with Gasteiger partial charge in [0.25, 0.3) is 0 Å². The third kappa shape index (κ3) is 2.83. The van der Waals surface area contributed by atoms with Gasteiger partial charge < -0.3 is 9.80 Å². The van der Waals surface area contributed by atoms with Crippen LogP contribution in [0.25, 0.3) is 0 Å². The van der Waals surface area contributed by atoms with Crippen molar-refractivity contribution < 1.29 is 8.42 Å². The zero-order valence-electron chi connectivity index (χ0n) is 14.0. The smallest absolute Gasteiger partial charge is 0.181 e. The number of hydrogen-bond donors (Lipinski definition) is 0. The number of rotatable bonds is 3. The Bertz CT molecular complexity index is 895. The molecule has 0 N–H and O–H groups in total. The van der Waals surface area contributed by atoms with Crippen LogP contribution < -0.4 is 9.80 Å². The molecule has 2 aromatic rings. The normalized spacial score (nSPS) is 24.6. The number of thiocarbonyl (C=S) groups is 1. The molecule has 0 aromatic heterocycles. The van der Waals surface area contributed by atoms with Crippen molar-refractivity contribution in [3.05, 3.63) is 60.2 Å². The highest BCUT2D eigenvalue weighted by molar-refractivity contribution is 7.91. The van der Waals surface area contributed by atoms with Crippen LogP contribution in [0.4, 0.5) is 11.4 Å². The second kappa shape index (κ2) is 6.11. The summed E-state index contributed by atoms with van der Waals surface area (Å²) in [5, 5.41) is 0.681. The highest BCUT2D eigenvalue weighted by atomic mass is 32.2. The molecular formula is C19H20N2O2S2. The molecule has 2 aromatic carbocycles. The van der Waals surface area contributed by atoms with Crippen molar-refractivity contribution in [1.82, 2.24) is 0 Å². The van der Waals surface area contributed by atoms with E-state index in [1.54, 1.807) is 0 Å². The summed E-state index contributed by atoms with van der Waals surface area (Å²) >= 11 is 5.77. The van der Waals surface area contributed by atoms with E-state index in [1.165, 1.54) is 5.56 Å². The van der Waals surface area contributed by atoms with Crippen LogP contribution in [0.3, 0.4) is 0 Å². The van der Waals surface area contributed by atoms with E-state index in [9.17, 15) is 8.42 Å². The summed E-state index contributed by atoms with van der Waals surface area (Å²) in [4.78, 5) is 4.04. The van der Waals surface area contributed by atoms with Crippen molar-refractivity contribution in [2.45, 2.75) is 25.4 Å². The minimum atomic E-state index is -3.07. The number of para-hydroxylation sites is 1. The summed E-state index contributed by atoms with van der Waals surface area (Å²) in [5.74, 6) is 0.299. The van der Waals surface area contributed by atoms with E-state index in [-0.39, 0.29) is 23.6 Å². The first-order valence-corrected chi connectivity index (χ1v) is 10.7. The van der Waals surface area contributed by atoms with Crippen LogP contribution in [0.2, 0.25) is 0 Å². The van der Waals surface area contributed by atoms with Crippen LogP contribution >= 0.6 is 12.2 Å². The quantitative estimate of drug-likeness (QED) is 0.775. The van der Waals surface area contributed by atoms with Gasteiger partial charge in [0, 0.05) is 11.4 Å². The molecule has 2 atom stereocenters. The molecule has 2 aliphatic rings. The predicted molar refractivity (Wildman–Crippen MR) is 106 cm³/mol. The van der Waals surface area contributed by atoms with Gasteiger partial charge in [-0.2, -0.15) is 0 Å². The van der Waals surface area contributed by atoms with Gasteiger partial charge in [0.1, 0.15) is 0 Å². The number of anilines is 2. The highest BCUT2D eigenvalue weighted by Gasteiger charge is 2.52. The van der Waals surface area contributed by atoms with Crippen molar-refractivity contribution in [3.8, 4) is 0 Å². The maximum absolute atomic E-state index is 12.3. The molecule has 6 heteroatoms. The molecule has 0 bridgehead atoms. The Labute approximate surface area is 154 Å². The van der Waals surface area contributed by atoms with E-state index in [4.69, 9.17) is 12.2 Å². The predicted octanol–water partition coefficient (Wildman–Crippen LogP) is 3.03. The Morgan fingerprint density at radius 2 is 1.44 bits per heavy atom. The molecule has 2 fully saturated rings. The molecule has 2 aliphatic heterocycles. The zero-order valence-corrected chi connectivity index (χ0v) is 15.6. The lowest BCUT2D eigenvalue weighted by Gasteiger charge is -2.25. The van der Waals surface area contributed by atoms with Gasteiger partial charge in [0.15, 0.2) is 14.9 Å². The molecule has 4 rings (SSSR count). The molecule has 0 radical (unpaired) electrons. The van der Waals surface area contributed by atoms with E-state index in [0.29, 0.717) is 5.11 Å². The first-order chi connectivity index (χ1) is 12.0. The number of sulfone groups is 1. The van der Waals surface area contributed by atoms with Gasteiger partial charge in [0.05, 0.1) is 23.6 Å². The zero-order chi connectivity index (χ0) is 17.6. The monoisotopic (exact) mass is 372 g/mol. The minimum absolute atomic E-state index is 0.134. The van der Waals surface area contributed by atoms with Gasteiger partial charge >= 0.3 is 0 Å². The Balaban J connectivity index is 1.77. The number of aryl methyl sites for hydroxylation is 1. The molecule has 0 saturated carbocycles. The Kier molecular flexibility index (Phi) is 4.04. The number of nitrogens with zero attached hydrogens (tertiary/aromatic N) is 2. The lowest BCUT2D eigenvalue weighted by atomic mass is 10.1. The molecule has 0 spiro atoms. The van der Waals surface area contributed by atoms with Crippen molar-refractivity contribution in [1.29, 1.82) is 0 Å². The fourth-order valence-electron chi connectivity index (χ4n) is 3.79. The van der Waals surface area contributed by atoms with Crippen LogP contribution in [0, 0.1) is 0 Å². The second-order valence-electron chi connectivity index (χ2n) is 6.59. The van der Waals surface area contributed by atoms with Crippen LogP contribution in [0.5, 0.6) is 0 Å². The lowest BCUT2D eigenvalue weighted by Crippen LogP contribution is -2.37. The van der Waals surface area contributed by atoms with E-state index >= 15 is 0 Å². The van der Waals surface area contributed by atoms with Gasteiger partial charge in [-0.1, -0.05) is 37.3 Å². The number of fused-ring (bicyclic) bond motifs is 1. The molecule has 0 aliphatic carbocycles. The van der Waals surface area contributed by atoms with Crippen molar-refractivity contribution in [3.63, 3.8) is 0 Å². The van der Waals surface area contributed by atoms with Crippen LogP contribution in [0.1, 0.15) is 12.5 Å². The fraction of sp³-hybridized carbons (Fsp3) is 0.316. The molecular weight excluding hydrogens is 352 g/mol. The number of benzene rings is 2. The maximum Gasteiger partial charge on any atom is 0.181 e. The molecule has 2 saturated heterocycles. The molecule has 130 valence electrons. The van der Waals surface area contributed by atoms with Crippen molar-refractivity contribution in [2.24, 2.45) is 0 Å². The Morgan fingerprint density at radius 1 is 0.920 bits per heavy atom. The van der Waals surface area contributed by atoms with Crippen LogP contribution in [-0.4, -0.2) is 37.1 Å². The summed E-state index contributed by atoms with van der Waals surface area (Å²) in [7, 11) is -3.07. The third-order valence-electron chi connectivity index (χ3n) is 5.03. The largest absolute Gasteiger partial charge is 0.312 e. The Morgan fingerprint density at radius 3 is 1.96 bits per heavy atom. The summed E-state index contributed by atoms with van der Waals surface area (Å²) in [6.07, 6.45) is 0.974. The molecule has 4 nitrogen and oxygen atoms in total.